The second-order valence-electron chi connectivity index (χ2n) is 8.15. The molecule has 0 N–H and O–H groups in total. The average molecular weight is 348 g/mol. The maximum absolute atomic E-state index is 5.53. The van der Waals surface area contributed by atoms with Gasteiger partial charge in [-0.25, -0.2) is 0 Å². The third kappa shape index (κ3) is 1.70. The molecule has 2 aliphatic rings. The molecule has 0 saturated carbocycles. The molecule has 0 bridgehead atoms. The second kappa shape index (κ2) is 4.80. The molecule has 0 radical (unpaired) electrons. The molecule has 4 aromatic rings. The number of benzene rings is 4. The van der Waals surface area contributed by atoms with Crippen molar-refractivity contribution < 1.29 is 4.74 Å². The van der Waals surface area contributed by atoms with Crippen molar-refractivity contribution in [1.82, 2.24) is 0 Å². The van der Waals surface area contributed by atoms with Gasteiger partial charge in [-0.1, -0.05) is 68.4 Å². The molecule has 0 unspecified atom stereocenters. The number of ether oxygens (including phenoxy) is 1. The highest BCUT2D eigenvalue weighted by Gasteiger charge is 2.36. The van der Waals surface area contributed by atoms with E-state index in [2.05, 4.69) is 80.6 Å². The number of hydrogen-bond donors (Lipinski definition) is 0. The van der Waals surface area contributed by atoms with Crippen LogP contribution in [0.15, 0.2) is 66.7 Å². The Bertz CT molecular complexity index is 1250. The van der Waals surface area contributed by atoms with Gasteiger partial charge < -0.3 is 4.74 Å². The van der Waals surface area contributed by atoms with Gasteiger partial charge in [0.15, 0.2) is 0 Å². The predicted octanol–water partition coefficient (Wildman–Crippen LogP) is 6.80. The Balaban J connectivity index is 1.80. The molecule has 0 aliphatic heterocycles. The van der Waals surface area contributed by atoms with Crippen LogP contribution in [0.4, 0.5) is 0 Å². The summed E-state index contributed by atoms with van der Waals surface area (Å²) in [5.74, 6) is 0.923. The molecule has 130 valence electrons. The maximum atomic E-state index is 5.53. The van der Waals surface area contributed by atoms with Gasteiger partial charge in [-0.2, -0.15) is 0 Å². The third-order valence-electron chi connectivity index (χ3n) is 6.53. The fourth-order valence-corrected chi connectivity index (χ4v) is 5.19. The van der Waals surface area contributed by atoms with Crippen LogP contribution in [0.3, 0.4) is 0 Å². The van der Waals surface area contributed by atoms with Crippen molar-refractivity contribution in [2.24, 2.45) is 0 Å². The standard InChI is InChI=1S/C26H20O/c1-26(2)22-13-12-20-17-7-5-4-6-16(17)19-10-11-21(25(22)24(19)20)18-9-8-15(27-3)14-23(18)26/h4-14H,1-3H3. The predicted molar refractivity (Wildman–Crippen MR) is 112 cm³/mol. The van der Waals surface area contributed by atoms with Crippen LogP contribution in [0.5, 0.6) is 5.75 Å². The summed E-state index contributed by atoms with van der Waals surface area (Å²) in [7, 11) is 1.74. The molecule has 0 fully saturated rings. The molecule has 27 heavy (non-hydrogen) atoms. The first kappa shape index (κ1) is 15.0. The molecular formula is C26H20O. The number of hydrogen-bond acceptors (Lipinski definition) is 1. The Morgan fingerprint density at radius 2 is 1.19 bits per heavy atom. The van der Waals surface area contributed by atoms with E-state index in [1.165, 1.54) is 55.3 Å². The summed E-state index contributed by atoms with van der Waals surface area (Å²) in [6, 6.07) is 24.6. The summed E-state index contributed by atoms with van der Waals surface area (Å²) >= 11 is 0. The van der Waals surface area contributed by atoms with E-state index in [1.807, 2.05) is 0 Å². The summed E-state index contributed by atoms with van der Waals surface area (Å²) in [6.45, 7) is 4.67. The van der Waals surface area contributed by atoms with E-state index in [1.54, 1.807) is 7.11 Å². The largest absolute Gasteiger partial charge is 0.497 e. The fourth-order valence-electron chi connectivity index (χ4n) is 5.19. The Labute approximate surface area is 159 Å². The first-order valence-electron chi connectivity index (χ1n) is 9.50. The highest BCUT2D eigenvalue weighted by molar-refractivity contribution is 6.20. The highest BCUT2D eigenvalue weighted by atomic mass is 16.5. The van der Waals surface area contributed by atoms with E-state index in [0.29, 0.717) is 0 Å². The molecule has 0 aromatic heterocycles. The lowest BCUT2D eigenvalue weighted by molar-refractivity contribution is 0.413. The van der Waals surface area contributed by atoms with E-state index < -0.39 is 0 Å². The third-order valence-corrected chi connectivity index (χ3v) is 6.53. The van der Waals surface area contributed by atoms with Crippen molar-refractivity contribution in [2.75, 3.05) is 7.11 Å². The SMILES string of the molecule is COc1ccc2c(c1)C(C)(C)c1ccc3c4c(ccc-2c14)-c1ccccc1-3. The van der Waals surface area contributed by atoms with Crippen molar-refractivity contribution in [3.05, 3.63) is 77.9 Å². The van der Waals surface area contributed by atoms with Gasteiger partial charge in [0.1, 0.15) is 5.75 Å². The maximum Gasteiger partial charge on any atom is 0.119 e. The normalized spacial score (nSPS) is 14.8. The van der Waals surface area contributed by atoms with Gasteiger partial charge in [0.2, 0.25) is 0 Å². The monoisotopic (exact) mass is 348 g/mol. The summed E-state index contributed by atoms with van der Waals surface area (Å²) in [6.07, 6.45) is 0. The van der Waals surface area contributed by atoms with Crippen molar-refractivity contribution in [2.45, 2.75) is 19.3 Å². The van der Waals surface area contributed by atoms with Gasteiger partial charge in [-0.05, 0) is 67.4 Å². The van der Waals surface area contributed by atoms with E-state index in [4.69, 9.17) is 4.74 Å². The van der Waals surface area contributed by atoms with Gasteiger partial charge in [-0.15, -0.1) is 0 Å². The molecule has 0 heterocycles. The zero-order valence-electron chi connectivity index (χ0n) is 15.8. The van der Waals surface area contributed by atoms with Crippen LogP contribution >= 0.6 is 0 Å². The summed E-state index contributed by atoms with van der Waals surface area (Å²) in [5.41, 5.74) is 10.8. The lowest BCUT2D eigenvalue weighted by Gasteiger charge is -2.35. The molecule has 0 saturated heterocycles. The fraction of sp³-hybridized carbons (Fsp3) is 0.154. The van der Waals surface area contributed by atoms with Crippen molar-refractivity contribution in [1.29, 1.82) is 0 Å². The molecule has 6 rings (SSSR count). The van der Waals surface area contributed by atoms with Gasteiger partial charge in [0.05, 0.1) is 7.11 Å². The molecular weight excluding hydrogens is 328 g/mol. The first-order valence-corrected chi connectivity index (χ1v) is 9.50. The Hall–Kier alpha value is -3.06. The molecule has 2 aliphatic carbocycles. The van der Waals surface area contributed by atoms with E-state index >= 15 is 0 Å². The van der Waals surface area contributed by atoms with Crippen LogP contribution in [-0.4, -0.2) is 7.11 Å². The Morgan fingerprint density at radius 1 is 0.593 bits per heavy atom. The van der Waals surface area contributed by atoms with Crippen LogP contribution in [0.1, 0.15) is 25.0 Å². The van der Waals surface area contributed by atoms with Crippen LogP contribution in [-0.2, 0) is 5.41 Å². The van der Waals surface area contributed by atoms with Crippen molar-refractivity contribution in [3.63, 3.8) is 0 Å². The minimum absolute atomic E-state index is 0.0667. The summed E-state index contributed by atoms with van der Waals surface area (Å²) < 4.78 is 5.53. The molecule has 0 atom stereocenters. The quantitative estimate of drug-likeness (QED) is 0.323. The van der Waals surface area contributed by atoms with Crippen LogP contribution < -0.4 is 4.74 Å². The Kier molecular flexibility index (Phi) is 2.68. The van der Waals surface area contributed by atoms with Crippen LogP contribution in [0.25, 0.3) is 44.2 Å². The van der Waals surface area contributed by atoms with Crippen molar-refractivity contribution >= 4 is 10.8 Å². The molecule has 1 heteroatoms. The Morgan fingerprint density at radius 3 is 1.85 bits per heavy atom. The van der Waals surface area contributed by atoms with E-state index in [-0.39, 0.29) is 5.41 Å². The summed E-state index contributed by atoms with van der Waals surface area (Å²) in [5, 5.41) is 2.84. The second-order valence-corrected chi connectivity index (χ2v) is 8.15. The van der Waals surface area contributed by atoms with E-state index in [9.17, 15) is 0 Å². The van der Waals surface area contributed by atoms with Gasteiger partial charge in [0.25, 0.3) is 0 Å². The smallest absolute Gasteiger partial charge is 0.119 e. The lowest BCUT2D eigenvalue weighted by atomic mass is 9.68. The van der Waals surface area contributed by atoms with Gasteiger partial charge in [-0.3, -0.25) is 0 Å². The minimum atomic E-state index is -0.0667. The first-order chi connectivity index (χ1) is 13.1. The highest BCUT2D eigenvalue weighted by Crippen LogP contribution is 2.56. The van der Waals surface area contributed by atoms with Crippen molar-refractivity contribution in [3.8, 4) is 39.1 Å². The molecule has 0 amide bonds. The number of methoxy groups -OCH3 is 1. The topological polar surface area (TPSA) is 9.23 Å². The average Bonchev–Trinajstić information content (AvgIpc) is 3.03. The molecule has 4 aromatic carbocycles. The minimum Gasteiger partial charge on any atom is -0.497 e. The summed E-state index contributed by atoms with van der Waals surface area (Å²) in [4.78, 5) is 0. The van der Waals surface area contributed by atoms with Gasteiger partial charge >= 0.3 is 0 Å². The zero-order chi connectivity index (χ0) is 18.3. The van der Waals surface area contributed by atoms with Gasteiger partial charge in [0, 0.05) is 5.41 Å². The zero-order valence-corrected chi connectivity index (χ0v) is 15.8. The number of rotatable bonds is 1. The van der Waals surface area contributed by atoms with Crippen LogP contribution in [0, 0.1) is 0 Å². The van der Waals surface area contributed by atoms with E-state index in [0.717, 1.165) is 5.75 Å². The molecule has 0 spiro atoms. The van der Waals surface area contributed by atoms with Crippen LogP contribution in [0.2, 0.25) is 0 Å². The lowest BCUT2D eigenvalue weighted by Crippen LogP contribution is -2.23. The molecule has 1 nitrogen and oxygen atoms in total. The number of fused-ring (bicyclic) bond motifs is 5.